The van der Waals surface area contributed by atoms with Gasteiger partial charge in [0.25, 0.3) is 10.0 Å². The number of nitrogens with zero attached hydrogens (tertiary/aromatic N) is 1. The number of aliphatic hydroxyl groups excluding tert-OH is 1. The summed E-state index contributed by atoms with van der Waals surface area (Å²) in [5.41, 5.74) is 0.877. The molecule has 0 atom stereocenters. The first-order valence-corrected chi connectivity index (χ1v) is 14.8. The van der Waals surface area contributed by atoms with Crippen molar-refractivity contribution in [1.29, 1.82) is 5.26 Å². The van der Waals surface area contributed by atoms with Crippen molar-refractivity contribution in [3.8, 4) is 11.8 Å². The molecular weight excluding hydrogens is 537 g/mol. The van der Waals surface area contributed by atoms with Crippen LogP contribution in [0, 0.1) is 17.1 Å². The Labute approximate surface area is 222 Å². The van der Waals surface area contributed by atoms with Gasteiger partial charge in [-0.25, -0.2) is 30.7 Å². The molecule has 208 valence electrons. The second kappa shape index (κ2) is 12.7. The number of nitriles is 1. The molecule has 38 heavy (non-hydrogen) atoms. The van der Waals surface area contributed by atoms with E-state index in [-0.39, 0.29) is 53.2 Å². The van der Waals surface area contributed by atoms with Crippen LogP contribution in [0.25, 0.3) is 0 Å². The van der Waals surface area contributed by atoms with Crippen LogP contribution in [0.3, 0.4) is 0 Å². The van der Waals surface area contributed by atoms with Crippen LogP contribution >= 0.6 is 0 Å². The number of nitrogens with one attached hydrogen (secondary N) is 2. The van der Waals surface area contributed by atoms with Gasteiger partial charge >= 0.3 is 0 Å². The molecule has 0 heterocycles. The Morgan fingerprint density at radius 1 is 1.11 bits per heavy atom. The largest absolute Gasteiger partial charge is 0.495 e. The Kier molecular flexibility index (Phi) is 10.4. The first kappa shape index (κ1) is 31.2. The summed E-state index contributed by atoms with van der Waals surface area (Å²) in [5, 5.41) is 18.2. The van der Waals surface area contributed by atoms with Crippen molar-refractivity contribution in [2.75, 3.05) is 20.3 Å². The number of carbonyl (C=O) groups excluding carboxylic acids is 1. The maximum atomic E-state index is 15.1. The lowest BCUT2D eigenvalue weighted by atomic mass is 9.85. The molecule has 0 aliphatic rings. The molecule has 1 amide bonds. The van der Waals surface area contributed by atoms with E-state index in [4.69, 9.17) is 9.84 Å². The number of benzene rings is 2. The third kappa shape index (κ3) is 7.08. The minimum Gasteiger partial charge on any atom is -0.495 e. The van der Waals surface area contributed by atoms with Gasteiger partial charge in [-0.05, 0) is 53.1 Å². The number of carbonyl (C=O) groups is 1. The average molecular weight is 570 g/mol. The van der Waals surface area contributed by atoms with Crippen molar-refractivity contribution in [3.05, 3.63) is 52.3 Å². The number of methoxy groups -OCH3 is 1. The monoisotopic (exact) mass is 569 g/mol. The highest BCUT2D eigenvalue weighted by atomic mass is 32.2. The number of hydrogen-bond acceptors (Lipinski definition) is 8. The topological polar surface area (TPSA) is 163 Å². The fourth-order valence-corrected chi connectivity index (χ4v) is 6.17. The van der Waals surface area contributed by atoms with Crippen LogP contribution in [0.15, 0.2) is 34.1 Å². The van der Waals surface area contributed by atoms with Gasteiger partial charge in [-0.15, -0.1) is 0 Å². The highest BCUT2D eigenvalue weighted by molar-refractivity contribution is 7.90. The van der Waals surface area contributed by atoms with Crippen LogP contribution in [0.4, 0.5) is 4.39 Å². The van der Waals surface area contributed by atoms with Crippen molar-refractivity contribution in [1.82, 2.24) is 9.44 Å². The van der Waals surface area contributed by atoms with Gasteiger partial charge in [-0.2, -0.15) is 5.26 Å². The standard InChI is InChI=1S/C25H32FN3O7S2/c1-15(2)19-11-17(14-27)25(26)24(16(3)4)20(19)13-23(31)29-38(34,35)22-8-7-18(12-21(22)36-5)37(32,33)28-9-6-10-30/h7-8,11-12,15-16,28,30H,6,9-10,13H2,1-5H3,(H,29,31). The summed E-state index contributed by atoms with van der Waals surface area (Å²) in [6.07, 6.45) is -0.276. The molecule has 13 heteroatoms. The first-order valence-electron chi connectivity index (χ1n) is 11.8. The molecule has 0 aromatic heterocycles. The van der Waals surface area contributed by atoms with Gasteiger partial charge in [0.1, 0.15) is 22.5 Å². The van der Waals surface area contributed by atoms with Crippen LogP contribution in [-0.2, 0) is 31.3 Å². The van der Waals surface area contributed by atoms with Crippen LogP contribution in [0.1, 0.15) is 68.2 Å². The highest BCUT2D eigenvalue weighted by Crippen LogP contribution is 2.33. The molecule has 0 unspecified atom stereocenters. The second-order valence-corrected chi connectivity index (χ2v) is 12.6. The maximum Gasteiger partial charge on any atom is 0.267 e. The van der Waals surface area contributed by atoms with Crippen LogP contribution in [-0.4, -0.2) is 48.1 Å². The number of hydrogen-bond donors (Lipinski definition) is 3. The highest BCUT2D eigenvalue weighted by Gasteiger charge is 2.28. The Balaban J connectivity index is 2.44. The van der Waals surface area contributed by atoms with E-state index in [1.54, 1.807) is 13.8 Å². The van der Waals surface area contributed by atoms with E-state index in [2.05, 4.69) is 4.72 Å². The van der Waals surface area contributed by atoms with Crippen molar-refractivity contribution in [3.63, 3.8) is 0 Å². The van der Waals surface area contributed by atoms with Crippen LogP contribution in [0.2, 0.25) is 0 Å². The SMILES string of the molecule is COc1cc(S(=O)(=O)NCCCO)ccc1S(=O)(=O)NC(=O)Cc1c(C(C)C)cc(C#N)c(F)c1C(C)C. The molecule has 2 aromatic carbocycles. The smallest absolute Gasteiger partial charge is 0.267 e. The van der Waals surface area contributed by atoms with Gasteiger partial charge in [0.15, 0.2) is 0 Å². The van der Waals surface area contributed by atoms with E-state index in [1.807, 2.05) is 24.6 Å². The first-order chi connectivity index (χ1) is 17.7. The molecular formula is C25H32FN3O7S2. The maximum absolute atomic E-state index is 15.1. The quantitative estimate of drug-likeness (QED) is 0.329. The third-order valence-corrected chi connectivity index (χ3v) is 8.58. The molecule has 10 nitrogen and oxygen atoms in total. The molecule has 3 N–H and O–H groups in total. The van der Waals surface area contributed by atoms with Crippen molar-refractivity contribution in [2.24, 2.45) is 0 Å². The zero-order valence-corrected chi connectivity index (χ0v) is 23.5. The molecule has 0 radical (unpaired) electrons. The number of ether oxygens (including phenoxy) is 1. The molecule has 0 aliphatic carbocycles. The number of sulfonamides is 2. The van der Waals surface area contributed by atoms with Crippen molar-refractivity contribution < 1.29 is 35.9 Å². The fraction of sp³-hybridized carbons (Fsp3) is 0.440. The molecule has 0 bridgehead atoms. The Hall–Kier alpha value is -3.05. The van der Waals surface area contributed by atoms with E-state index >= 15 is 4.39 Å². The van der Waals surface area contributed by atoms with E-state index in [0.29, 0.717) is 11.1 Å². The molecule has 0 spiro atoms. The fourth-order valence-electron chi connectivity index (χ4n) is 3.94. The number of rotatable bonds is 12. The molecule has 2 rings (SSSR count). The summed E-state index contributed by atoms with van der Waals surface area (Å²) in [7, 11) is -7.37. The summed E-state index contributed by atoms with van der Waals surface area (Å²) < 4.78 is 75.4. The van der Waals surface area contributed by atoms with E-state index in [9.17, 15) is 26.9 Å². The van der Waals surface area contributed by atoms with Gasteiger partial charge in [0.2, 0.25) is 15.9 Å². The van der Waals surface area contributed by atoms with Crippen molar-refractivity contribution in [2.45, 2.75) is 62.2 Å². The van der Waals surface area contributed by atoms with Crippen LogP contribution < -0.4 is 14.2 Å². The Morgan fingerprint density at radius 2 is 1.76 bits per heavy atom. The second-order valence-electron chi connectivity index (χ2n) is 9.13. The predicted molar refractivity (Wildman–Crippen MR) is 138 cm³/mol. The average Bonchev–Trinajstić information content (AvgIpc) is 2.83. The Morgan fingerprint density at radius 3 is 2.29 bits per heavy atom. The Bertz CT molecular complexity index is 1450. The summed E-state index contributed by atoms with van der Waals surface area (Å²) in [6, 6.07) is 6.25. The van der Waals surface area contributed by atoms with E-state index in [0.717, 1.165) is 25.3 Å². The summed E-state index contributed by atoms with van der Waals surface area (Å²) in [5.74, 6) is -2.57. The van der Waals surface area contributed by atoms with Gasteiger partial charge in [-0.1, -0.05) is 27.7 Å². The predicted octanol–water partition coefficient (Wildman–Crippen LogP) is 2.66. The molecule has 0 saturated heterocycles. The lowest BCUT2D eigenvalue weighted by molar-refractivity contribution is -0.118. The zero-order chi connectivity index (χ0) is 28.8. The van der Waals surface area contributed by atoms with Crippen molar-refractivity contribution >= 4 is 26.0 Å². The molecule has 0 fully saturated rings. The molecule has 0 saturated carbocycles. The lowest BCUT2D eigenvalue weighted by Gasteiger charge is -2.21. The summed E-state index contributed by atoms with van der Waals surface area (Å²) >= 11 is 0. The summed E-state index contributed by atoms with van der Waals surface area (Å²) in [4.78, 5) is 12.2. The number of amides is 1. The van der Waals surface area contributed by atoms with Crippen LogP contribution in [0.5, 0.6) is 5.75 Å². The normalized spacial score (nSPS) is 12.0. The van der Waals surface area contributed by atoms with Gasteiger partial charge in [-0.3, -0.25) is 4.79 Å². The number of aliphatic hydroxyl groups is 1. The lowest BCUT2D eigenvalue weighted by Crippen LogP contribution is -2.33. The van der Waals surface area contributed by atoms with Gasteiger partial charge < -0.3 is 9.84 Å². The van der Waals surface area contributed by atoms with E-state index < -0.39 is 43.1 Å². The minimum atomic E-state index is -4.51. The van der Waals surface area contributed by atoms with Gasteiger partial charge in [0.05, 0.1) is 24.0 Å². The molecule has 2 aromatic rings. The summed E-state index contributed by atoms with van der Waals surface area (Å²) in [6.45, 7) is 6.81. The number of halogens is 1. The zero-order valence-electron chi connectivity index (χ0n) is 21.8. The molecule has 0 aliphatic heterocycles. The third-order valence-electron chi connectivity index (χ3n) is 5.71. The minimum absolute atomic E-state index is 0.0239. The van der Waals surface area contributed by atoms with Gasteiger partial charge in [0, 0.05) is 19.2 Å². The van der Waals surface area contributed by atoms with E-state index in [1.165, 1.54) is 6.07 Å².